The summed E-state index contributed by atoms with van der Waals surface area (Å²) in [7, 11) is -3.47. The van der Waals surface area contributed by atoms with Gasteiger partial charge in [-0.05, 0) is 44.5 Å². The molecular weight excluding hydrogens is 288 g/mol. The lowest BCUT2D eigenvalue weighted by Crippen LogP contribution is -2.59. The van der Waals surface area contributed by atoms with Crippen LogP contribution in [0, 0.1) is 0 Å². The second-order valence-electron chi connectivity index (χ2n) is 5.89. The summed E-state index contributed by atoms with van der Waals surface area (Å²) in [6.07, 6.45) is 0.926. The van der Waals surface area contributed by atoms with Crippen LogP contribution in [0.4, 0.5) is 0 Å². The third-order valence-electron chi connectivity index (χ3n) is 3.61. The second-order valence-corrected chi connectivity index (χ2v) is 7.75. The molecule has 1 aliphatic heterocycles. The van der Waals surface area contributed by atoms with Crippen LogP contribution in [0.2, 0.25) is 0 Å². The summed E-state index contributed by atoms with van der Waals surface area (Å²) in [5, 5.41) is 3.23. The van der Waals surface area contributed by atoms with E-state index in [0.717, 1.165) is 6.42 Å². The summed E-state index contributed by atoms with van der Waals surface area (Å²) in [6, 6.07) is 6.69. The van der Waals surface area contributed by atoms with E-state index >= 15 is 0 Å². The Hall–Kier alpha value is -1.11. The average Bonchev–Trinajstić information content (AvgIpc) is 2.44. The first-order valence-electron chi connectivity index (χ1n) is 7.34. The molecule has 118 valence electrons. The van der Waals surface area contributed by atoms with E-state index in [0.29, 0.717) is 36.9 Å². The number of benzene rings is 1. The second kappa shape index (κ2) is 6.34. The molecule has 1 saturated heterocycles. The monoisotopic (exact) mass is 312 g/mol. The van der Waals surface area contributed by atoms with E-state index in [1.165, 1.54) is 0 Å². The van der Waals surface area contributed by atoms with Crippen molar-refractivity contribution in [1.82, 2.24) is 9.62 Å². The molecule has 0 radical (unpaired) electrons. The first-order chi connectivity index (χ1) is 9.88. The zero-order chi connectivity index (χ0) is 15.5. The molecular formula is C15H24N2O3S. The fraction of sp³-hybridized carbons (Fsp3) is 0.600. The van der Waals surface area contributed by atoms with Gasteiger partial charge >= 0.3 is 0 Å². The highest BCUT2D eigenvalue weighted by molar-refractivity contribution is 7.89. The van der Waals surface area contributed by atoms with Crippen molar-refractivity contribution in [3.8, 4) is 5.75 Å². The van der Waals surface area contributed by atoms with Crippen molar-refractivity contribution in [3.63, 3.8) is 0 Å². The highest BCUT2D eigenvalue weighted by Gasteiger charge is 2.38. The lowest BCUT2D eigenvalue weighted by Gasteiger charge is -2.41. The van der Waals surface area contributed by atoms with Gasteiger partial charge in [-0.1, -0.05) is 6.92 Å². The van der Waals surface area contributed by atoms with Gasteiger partial charge in [0.2, 0.25) is 10.0 Å². The van der Waals surface area contributed by atoms with E-state index in [2.05, 4.69) is 5.32 Å². The summed E-state index contributed by atoms with van der Waals surface area (Å²) in [6.45, 7) is 8.38. The number of hydrogen-bond acceptors (Lipinski definition) is 4. The quantitative estimate of drug-likeness (QED) is 0.901. The van der Waals surface area contributed by atoms with Crippen LogP contribution < -0.4 is 10.1 Å². The Morgan fingerprint density at radius 3 is 2.52 bits per heavy atom. The SMILES string of the molecule is CCCOc1ccc(S(=O)(=O)N2CCNCC2(C)C)cc1. The fourth-order valence-electron chi connectivity index (χ4n) is 2.47. The summed E-state index contributed by atoms with van der Waals surface area (Å²) in [4.78, 5) is 0.321. The fourth-order valence-corrected chi connectivity index (χ4v) is 4.25. The van der Waals surface area contributed by atoms with Crippen LogP contribution in [0.3, 0.4) is 0 Å². The Morgan fingerprint density at radius 1 is 1.29 bits per heavy atom. The molecule has 21 heavy (non-hydrogen) atoms. The van der Waals surface area contributed by atoms with Gasteiger partial charge < -0.3 is 10.1 Å². The number of rotatable bonds is 5. The molecule has 2 rings (SSSR count). The molecule has 0 bridgehead atoms. The molecule has 6 heteroatoms. The van der Waals surface area contributed by atoms with Gasteiger partial charge in [0.1, 0.15) is 5.75 Å². The van der Waals surface area contributed by atoms with E-state index in [1.807, 2.05) is 20.8 Å². The molecule has 1 aromatic carbocycles. The molecule has 5 nitrogen and oxygen atoms in total. The maximum Gasteiger partial charge on any atom is 0.243 e. The summed E-state index contributed by atoms with van der Waals surface area (Å²) >= 11 is 0. The van der Waals surface area contributed by atoms with Crippen molar-refractivity contribution < 1.29 is 13.2 Å². The average molecular weight is 312 g/mol. The number of nitrogens with zero attached hydrogens (tertiary/aromatic N) is 1. The zero-order valence-corrected chi connectivity index (χ0v) is 13.7. The van der Waals surface area contributed by atoms with Gasteiger partial charge in [-0.2, -0.15) is 4.31 Å². The summed E-state index contributed by atoms with van der Waals surface area (Å²) < 4.78 is 32.6. The molecule has 0 unspecified atom stereocenters. The van der Waals surface area contributed by atoms with Gasteiger partial charge in [-0.25, -0.2) is 8.42 Å². The van der Waals surface area contributed by atoms with Crippen molar-refractivity contribution >= 4 is 10.0 Å². The van der Waals surface area contributed by atoms with Crippen LogP contribution in [0.25, 0.3) is 0 Å². The number of nitrogens with one attached hydrogen (secondary N) is 1. The van der Waals surface area contributed by atoms with Gasteiger partial charge in [-0.3, -0.25) is 0 Å². The van der Waals surface area contributed by atoms with E-state index in [4.69, 9.17) is 4.74 Å². The predicted octanol–water partition coefficient (Wildman–Crippen LogP) is 1.85. The van der Waals surface area contributed by atoms with E-state index < -0.39 is 15.6 Å². The normalized spacial score (nSPS) is 19.4. The third kappa shape index (κ3) is 3.56. The van der Waals surface area contributed by atoms with Crippen LogP contribution in [0.5, 0.6) is 5.75 Å². The lowest BCUT2D eigenvalue weighted by atomic mass is 10.0. The maximum absolute atomic E-state index is 12.8. The van der Waals surface area contributed by atoms with Crippen LogP contribution in [0.1, 0.15) is 27.2 Å². The van der Waals surface area contributed by atoms with Crippen LogP contribution >= 0.6 is 0 Å². The van der Waals surface area contributed by atoms with Gasteiger partial charge in [0.25, 0.3) is 0 Å². The predicted molar refractivity (Wildman–Crippen MR) is 83.1 cm³/mol. The zero-order valence-electron chi connectivity index (χ0n) is 12.9. The highest BCUT2D eigenvalue weighted by atomic mass is 32.2. The Bertz CT molecular complexity index is 567. The molecule has 0 spiro atoms. The number of hydrogen-bond donors (Lipinski definition) is 1. The largest absolute Gasteiger partial charge is 0.494 e. The van der Waals surface area contributed by atoms with E-state index in [-0.39, 0.29) is 0 Å². The van der Waals surface area contributed by atoms with Gasteiger partial charge in [0.05, 0.1) is 11.5 Å². The summed E-state index contributed by atoms with van der Waals surface area (Å²) in [5.41, 5.74) is -0.422. The first kappa shape index (κ1) is 16.3. The standard InChI is InChI=1S/C15H24N2O3S/c1-4-11-20-13-5-7-14(8-6-13)21(18,19)17-10-9-16-12-15(17,2)3/h5-8,16H,4,9-12H2,1-3H3. The van der Waals surface area contributed by atoms with Gasteiger partial charge in [-0.15, -0.1) is 0 Å². The number of ether oxygens (including phenoxy) is 1. The molecule has 0 aromatic heterocycles. The molecule has 0 saturated carbocycles. The minimum atomic E-state index is -3.47. The number of piperazine rings is 1. The minimum Gasteiger partial charge on any atom is -0.494 e. The Balaban J connectivity index is 2.22. The molecule has 1 aliphatic rings. The Morgan fingerprint density at radius 2 is 1.95 bits per heavy atom. The molecule has 1 aromatic rings. The highest BCUT2D eigenvalue weighted by Crippen LogP contribution is 2.27. The van der Waals surface area contributed by atoms with Crippen molar-refractivity contribution in [2.75, 3.05) is 26.2 Å². The lowest BCUT2D eigenvalue weighted by molar-refractivity contribution is 0.186. The first-order valence-corrected chi connectivity index (χ1v) is 8.78. The Kier molecular flexibility index (Phi) is 4.91. The smallest absolute Gasteiger partial charge is 0.243 e. The molecule has 1 N–H and O–H groups in total. The van der Waals surface area contributed by atoms with Crippen LogP contribution in [-0.2, 0) is 10.0 Å². The van der Waals surface area contributed by atoms with E-state index in [9.17, 15) is 8.42 Å². The van der Waals surface area contributed by atoms with E-state index in [1.54, 1.807) is 28.6 Å². The summed E-state index contributed by atoms with van der Waals surface area (Å²) in [5.74, 6) is 0.704. The van der Waals surface area contributed by atoms with Crippen LogP contribution in [-0.4, -0.2) is 44.5 Å². The molecule has 0 atom stereocenters. The Labute approximate surface area is 127 Å². The van der Waals surface area contributed by atoms with Gasteiger partial charge in [0, 0.05) is 25.2 Å². The topological polar surface area (TPSA) is 58.6 Å². The van der Waals surface area contributed by atoms with Crippen molar-refractivity contribution in [2.24, 2.45) is 0 Å². The minimum absolute atomic E-state index is 0.321. The van der Waals surface area contributed by atoms with Crippen LogP contribution in [0.15, 0.2) is 29.2 Å². The third-order valence-corrected chi connectivity index (χ3v) is 5.73. The molecule has 1 fully saturated rings. The van der Waals surface area contributed by atoms with Crippen molar-refractivity contribution in [3.05, 3.63) is 24.3 Å². The molecule has 1 heterocycles. The van der Waals surface area contributed by atoms with Crippen molar-refractivity contribution in [2.45, 2.75) is 37.6 Å². The van der Waals surface area contributed by atoms with Gasteiger partial charge in [0.15, 0.2) is 0 Å². The number of sulfonamides is 1. The molecule has 0 amide bonds. The van der Waals surface area contributed by atoms with Crippen molar-refractivity contribution in [1.29, 1.82) is 0 Å². The maximum atomic E-state index is 12.8. The molecule has 0 aliphatic carbocycles.